The number of benzene rings is 1. The third-order valence-corrected chi connectivity index (χ3v) is 5.80. The summed E-state index contributed by atoms with van der Waals surface area (Å²) in [7, 11) is 3.20. The summed E-state index contributed by atoms with van der Waals surface area (Å²) in [5.41, 5.74) is 1.06. The van der Waals surface area contributed by atoms with Crippen LogP contribution in [0.4, 0.5) is 11.5 Å². The number of fused-ring (bicyclic) bond motifs is 2. The Balaban J connectivity index is 1.37. The molecule has 1 aromatic carbocycles. The molecule has 0 unspecified atom stereocenters. The van der Waals surface area contributed by atoms with Crippen LogP contribution in [0.1, 0.15) is 53.1 Å². The number of rotatable bonds is 8. The molecule has 4 rings (SSSR count). The van der Waals surface area contributed by atoms with E-state index in [-0.39, 0.29) is 36.7 Å². The van der Waals surface area contributed by atoms with Crippen molar-refractivity contribution >= 4 is 35.8 Å². The Morgan fingerprint density at radius 2 is 2.15 bits per heavy atom. The predicted molar refractivity (Wildman–Crippen MR) is 122 cm³/mol. The van der Waals surface area contributed by atoms with Crippen molar-refractivity contribution < 1.29 is 23.9 Å². The lowest BCUT2D eigenvalue weighted by Gasteiger charge is -2.32. The van der Waals surface area contributed by atoms with E-state index in [1.54, 1.807) is 25.4 Å². The number of anilines is 1. The molecule has 0 aliphatic carbocycles. The van der Waals surface area contributed by atoms with Gasteiger partial charge < -0.3 is 24.3 Å². The van der Waals surface area contributed by atoms with E-state index in [0.29, 0.717) is 41.3 Å². The Morgan fingerprint density at radius 1 is 1.30 bits per heavy atom. The molecule has 0 bridgehead atoms. The number of carbonyl (C=O) groups excluding carboxylic acids is 3. The molecular formula is C23H27N5O5. The Hall–Kier alpha value is -3.69. The minimum atomic E-state index is -0.227. The number of amides is 2. The van der Waals surface area contributed by atoms with Gasteiger partial charge in [-0.1, -0.05) is 0 Å². The molecule has 0 saturated carbocycles. The van der Waals surface area contributed by atoms with Gasteiger partial charge in [-0.2, -0.15) is 0 Å². The molecule has 0 radical (unpaired) electrons. The Morgan fingerprint density at radius 3 is 2.91 bits per heavy atom. The van der Waals surface area contributed by atoms with Crippen molar-refractivity contribution in [3.05, 3.63) is 29.7 Å². The van der Waals surface area contributed by atoms with Crippen molar-refractivity contribution in [3.8, 4) is 11.5 Å². The van der Waals surface area contributed by atoms with Gasteiger partial charge in [-0.3, -0.25) is 19.4 Å². The van der Waals surface area contributed by atoms with Gasteiger partial charge in [-0.15, -0.1) is 0 Å². The average molecular weight is 453 g/mol. The summed E-state index contributed by atoms with van der Waals surface area (Å²) in [5, 5.41) is 2.66. The number of aliphatic imine (C=N–C) groups is 1. The molecule has 10 nitrogen and oxygen atoms in total. The van der Waals surface area contributed by atoms with E-state index >= 15 is 0 Å². The number of aromatic nitrogens is 2. The van der Waals surface area contributed by atoms with Gasteiger partial charge in [0.2, 0.25) is 5.91 Å². The van der Waals surface area contributed by atoms with E-state index in [1.807, 2.05) is 11.1 Å². The number of imidazole rings is 1. The van der Waals surface area contributed by atoms with Gasteiger partial charge >= 0.3 is 0 Å². The van der Waals surface area contributed by atoms with Crippen molar-refractivity contribution in [3.63, 3.8) is 0 Å². The van der Waals surface area contributed by atoms with Crippen molar-refractivity contribution in [2.45, 2.75) is 38.1 Å². The van der Waals surface area contributed by atoms with Crippen molar-refractivity contribution in [2.75, 3.05) is 25.6 Å². The number of methoxy groups -OCH3 is 1. The van der Waals surface area contributed by atoms with E-state index in [1.165, 1.54) is 11.7 Å². The minimum Gasteiger partial charge on any atom is -0.493 e. The number of ether oxygens (including phenoxy) is 2. The van der Waals surface area contributed by atoms with Crippen molar-refractivity contribution in [1.29, 1.82) is 0 Å². The topological polar surface area (TPSA) is 115 Å². The first kappa shape index (κ1) is 22.5. The molecule has 3 heterocycles. The summed E-state index contributed by atoms with van der Waals surface area (Å²) in [6.45, 7) is 1.00. The SMILES string of the molecule is COc1cc2c(cc1OCCCC(=O)Nc1cn(C)c(C=O)n1)N=C[C@H]1CCCCN1C2=O. The second-order valence-corrected chi connectivity index (χ2v) is 8.07. The molecule has 0 spiro atoms. The summed E-state index contributed by atoms with van der Waals surface area (Å²) in [6.07, 6.45) is 7.72. The number of nitrogens with zero attached hydrogens (tertiary/aromatic N) is 4. The predicted octanol–water partition coefficient (Wildman–Crippen LogP) is 2.75. The second-order valence-electron chi connectivity index (χ2n) is 8.07. The molecule has 2 amide bonds. The normalized spacial score (nSPS) is 17.1. The summed E-state index contributed by atoms with van der Waals surface area (Å²) in [4.78, 5) is 46.5. The third-order valence-electron chi connectivity index (χ3n) is 5.80. The maximum Gasteiger partial charge on any atom is 0.256 e. The molecule has 1 N–H and O–H groups in total. The molecular weight excluding hydrogens is 426 g/mol. The van der Waals surface area contributed by atoms with Crippen LogP contribution in [0.15, 0.2) is 23.3 Å². The lowest BCUT2D eigenvalue weighted by atomic mass is 10.0. The average Bonchev–Trinajstić information content (AvgIpc) is 3.11. The fourth-order valence-electron chi connectivity index (χ4n) is 4.06. The molecule has 2 aliphatic heterocycles. The molecule has 1 fully saturated rings. The molecule has 1 saturated heterocycles. The van der Waals surface area contributed by atoms with Crippen molar-refractivity contribution in [1.82, 2.24) is 14.5 Å². The van der Waals surface area contributed by atoms with Crippen LogP contribution in [-0.4, -0.2) is 65.1 Å². The zero-order valence-electron chi connectivity index (χ0n) is 18.7. The van der Waals surface area contributed by atoms with E-state index in [4.69, 9.17) is 9.47 Å². The summed E-state index contributed by atoms with van der Waals surface area (Å²) in [5.74, 6) is 1.22. The fourth-order valence-corrected chi connectivity index (χ4v) is 4.06. The first-order valence-electron chi connectivity index (χ1n) is 11.0. The Labute approximate surface area is 191 Å². The van der Waals surface area contributed by atoms with Crippen LogP contribution in [0.5, 0.6) is 11.5 Å². The number of nitrogens with one attached hydrogen (secondary N) is 1. The highest BCUT2D eigenvalue weighted by molar-refractivity contribution is 6.03. The van der Waals surface area contributed by atoms with Gasteiger partial charge in [-0.05, 0) is 31.7 Å². The van der Waals surface area contributed by atoms with Crippen LogP contribution in [-0.2, 0) is 11.8 Å². The smallest absolute Gasteiger partial charge is 0.256 e. The Kier molecular flexibility index (Phi) is 6.71. The summed E-state index contributed by atoms with van der Waals surface area (Å²) < 4.78 is 12.8. The molecule has 1 aromatic heterocycles. The number of piperidine rings is 1. The number of carbonyl (C=O) groups is 3. The van der Waals surface area contributed by atoms with E-state index < -0.39 is 0 Å². The Bertz CT molecular complexity index is 1090. The third kappa shape index (κ3) is 4.89. The molecule has 2 aliphatic rings. The van der Waals surface area contributed by atoms with E-state index in [9.17, 15) is 14.4 Å². The molecule has 2 aromatic rings. The first-order valence-corrected chi connectivity index (χ1v) is 11.0. The van der Waals surface area contributed by atoms with Crippen LogP contribution in [0.2, 0.25) is 0 Å². The number of aryl methyl sites for hydroxylation is 1. The van der Waals surface area contributed by atoms with Crippen molar-refractivity contribution in [2.24, 2.45) is 12.0 Å². The minimum absolute atomic E-state index is 0.0224. The quantitative estimate of drug-likeness (QED) is 0.485. The van der Waals surface area contributed by atoms with Crippen LogP contribution in [0, 0.1) is 0 Å². The van der Waals surface area contributed by atoms with Crippen LogP contribution in [0.3, 0.4) is 0 Å². The van der Waals surface area contributed by atoms with Gasteiger partial charge in [0.05, 0.1) is 31.0 Å². The first-order chi connectivity index (χ1) is 16.0. The number of hydrogen-bond donors (Lipinski definition) is 1. The largest absolute Gasteiger partial charge is 0.493 e. The zero-order valence-corrected chi connectivity index (χ0v) is 18.7. The highest BCUT2D eigenvalue weighted by Crippen LogP contribution is 2.37. The molecule has 1 atom stereocenters. The molecule has 174 valence electrons. The van der Waals surface area contributed by atoms with E-state index in [2.05, 4.69) is 15.3 Å². The van der Waals surface area contributed by atoms with Gasteiger partial charge in [-0.25, -0.2) is 4.98 Å². The van der Waals surface area contributed by atoms with Crippen LogP contribution < -0.4 is 14.8 Å². The maximum absolute atomic E-state index is 13.1. The number of aldehydes is 1. The standard InChI is InChI=1S/C23H27N5O5/c1-27-13-20(25-21(27)14-29)26-22(30)7-5-9-33-19-11-17-16(10-18(19)32-2)23(31)28-8-4-3-6-15(28)12-24-17/h10-15H,3-9H2,1-2H3,(H,26,30)/t15-/m1/s1. The number of hydrogen-bond acceptors (Lipinski definition) is 7. The highest BCUT2D eigenvalue weighted by atomic mass is 16.5. The lowest BCUT2D eigenvalue weighted by Crippen LogP contribution is -2.43. The molecule has 33 heavy (non-hydrogen) atoms. The highest BCUT2D eigenvalue weighted by Gasteiger charge is 2.31. The lowest BCUT2D eigenvalue weighted by molar-refractivity contribution is -0.116. The van der Waals surface area contributed by atoms with Gasteiger partial charge in [0.1, 0.15) is 0 Å². The summed E-state index contributed by atoms with van der Waals surface area (Å²) in [6, 6.07) is 3.42. The van der Waals surface area contributed by atoms with Gasteiger partial charge in [0.15, 0.2) is 29.4 Å². The van der Waals surface area contributed by atoms with Gasteiger partial charge in [0.25, 0.3) is 5.91 Å². The fraction of sp³-hybridized carbons (Fsp3) is 0.435. The van der Waals surface area contributed by atoms with E-state index in [0.717, 1.165) is 25.8 Å². The van der Waals surface area contributed by atoms with Gasteiger partial charge in [0, 0.05) is 38.5 Å². The summed E-state index contributed by atoms with van der Waals surface area (Å²) >= 11 is 0. The maximum atomic E-state index is 13.1. The monoisotopic (exact) mass is 453 g/mol. The molecule has 10 heteroatoms. The van der Waals surface area contributed by atoms with Crippen LogP contribution >= 0.6 is 0 Å². The van der Waals surface area contributed by atoms with Crippen LogP contribution in [0.25, 0.3) is 0 Å². The zero-order chi connectivity index (χ0) is 23.4. The second kappa shape index (κ2) is 9.85.